The van der Waals surface area contributed by atoms with E-state index in [1.807, 2.05) is 6.92 Å². The number of amides is 1. The summed E-state index contributed by atoms with van der Waals surface area (Å²) in [5.74, 6) is -1.82. The summed E-state index contributed by atoms with van der Waals surface area (Å²) in [5, 5.41) is 18.3. The molecule has 2 aliphatic rings. The molecule has 16 heavy (non-hydrogen) atoms. The van der Waals surface area contributed by atoms with Gasteiger partial charge in [-0.2, -0.15) is 0 Å². The molecule has 2 aliphatic heterocycles. The lowest BCUT2D eigenvalue weighted by Crippen LogP contribution is -2.60. The van der Waals surface area contributed by atoms with Gasteiger partial charge >= 0.3 is 5.97 Å². The lowest BCUT2D eigenvalue weighted by atomic mass is 9.92. The number of hydrogen-bond donors (Lipinski definition) is 2. The Hall–Kier alpha value is -1.01. The number of fused-ring (bicyclic) bond motifs is 1. The largest absolute Gasteiger partial charge is 0.477 e. The highest BCUT2D eigenvalue weighted by molar-refractivity contribution is 8.04. The van der Waals surface area contributed by atoms with Gasteiger partial charge in [0.05, 0.1) is 12.0 Å². The van der Waals surface area contributed by atoms with Gasteiger partial charge in [0.1, 0.15) is 11.1 Å². The minimum Gasteiger partial charge on any atom is -0.477 e. The summed E-state index contributed by atoms with van der Waals surface area (Å²) in [4.78, 5) is 24.8. The highest BCUT2D eigenvalue weighted by Gasteiger charge is 2.57. The molecule has 0 bridgehead atoms. The van der Waals surface area contributed by atoms with Crippen LogP contribution in [0.15, 0.2) is 10.6 Å². The molecular formula is C10H13NO4S. The summed E-state index contributed by atoms with van der Waals surface area (Å²) in [6, 6.07) is 0. The number of β-lactam (4-membered cyclic amide) rings is 1. The minimum absolute atomic E-state index is 0.0967. The first-order valence-corrected chi connectivity index (χ1v) is 6.01. The zero-order valence-corrected chi connectivity index (χ0v) is 9.82. The van der Waals surface area contributed by atoms with Crippen LogP contribution >= 0.6 is 11.8 Å². The van der Waals surface area contributed by atoms with Crippen LogP contribution in [0.4, 0.5) is 0 Å². The van der Waals surface area contributed by atoms with E-state index < -0.39 is 18.0 Å². The van der Waals surface area contributed by atoms with E-state index in [4.69, 9.17) is 5.11 Å². The average Bonchev–Trinajstić information content (AvgIpc) is 2.51. The van der Waals surface area contributed by atoms with Crippen LogP contribution in [0.25, 0.3) is 0 Å². The number of carboxylic acids is 1. The first kappa shape index (κ1) is 11.5. The summed E-state index contributed by atoms with van der Waals surface area (Å²) in [6.07, 6.45) is -0.133. The first-order chi connectivity index (χ1) is 7.49. The molecule has 1 amide bonds. The number of rotatable bonds is 3. The van der Waals surface area contributed by atoms with E-state index in [1.165, 1.54) is 16.7 Å². The Bertz CT molecular complexity index is 390. The monoisotopic (exact) mass is 243 g/mol. The van der Waals surface area contributed by atoms with E-state index in [1.54, 1.807) is 6.92 Å². The molecule has 0 aromatic rings. The van der Waals surface area contributed by atoms with E-state index in [0.717, 1.165) is 0 Å². The van der Waals surface area contributed by atoms with Gasteiger partial charge < -0.3 is 10.2 Å². The maximum Gasteiger partial charge on any atom is 0.353 e. The van der Waals surface area contributed by atoms with Gasteiger partial charge in [-0.05, 0) is 13.3 Å². The summed E-state index contributed by atoms with van der Waals surface area (Å²) in [5.41, 5.74) is 0.0967. The van der Waals surface area contributed by atoms with E-state index >= 15 is 0 Å². The molecule has 2 N–H and O–H groups in total. The predicted octanol–water partition coefficient (Wildman–Crippen LogP) is 0.605. The molecule has 2 rings (SSSR count). The second-order valence-corrected chi connectivity index (χ2v) is 5.13. The molecule has 0 aliphatic carbocycles. The molecule has 0 radical (unpaired) electrons. The van der Waals surface area contributed by atoms with Crippen molar-refractivity contribution in [2.24, 2.45) is 5.92 Å². The number of allylic oxidation sites excluding steroid dienone is 1. The maximum absolute atomic E-state index is 11.7. The predicted molar refractivity (Wildman–Crippen MR) is 58.3 cm³/mol. The van der Waals surface area contributed by atoms with Crippen LogP contribution in [0.1, 0.15) is 20.3 Å². The van der Waals surface area contributed by atoms with Crippen molar-refractivity contribution in [2.45, 2.75) is 31.7 Å². The maximum atomic E-state index is 11.7. The van der Waals surface area contributed by atoms with Gasteiger partial charge in [0.25, 0.3) is 0 Å². The Morgan fingerprint density at radius 2 is 2.25 bits per heavy atom. The van der Waals surface area contributed by atoms with Crippen LogP contribution in [-0.2, 0) is 9.59 Å². The van der Waals surface area contributed by atoms with Crippen LogP contribution < -0.4 is 0 Å². The number of aliphatic hydroxyl groups is 1. The van der Waals surface area contributed by atoms with Crippen molar-refractivity contribution >= 4 is 23.6 Å². The zero-order valence-electron chi connectivity index (χ0n) is 9.01. The molecule has 1 saturated heterocycles. The molecular weight excluding hydrogens is 230 g/mol. The molecule has 6 heteroatoms. The number of aliphatic hydroxyl groups excluding tert-OH is 1. The van der Waals surface area contributed by atoms with Crippen molar-refractivity contribution in [1.82, 2.24) is 4.90 Å². The van der Waals surface area contributed by atoms with E-state index in [0.29, 0.717) is 11.3 Å². The SMILES string of the molecule is CCC1=C(C(=O)O)N2C(=O)[C@H]([C@@H](C)O)[C@H]2S1. The molecule has 0 aromatic heterocycles. The number of thioether (sulfide) groups is 1. The highest BCUT2D eigenvalue weighted by atomic mass is 32.2. The van der Waals surface area contributed by atoms with Gasteiger partial charge in [-0.15, -0.1) is 11.8 Å². The lowest BCUT2D eigenvalue weighted by molar-refractivity contribution is -0.156. The van der Waals surface area contributed by atoms with Gasteiger partial charge in [-0.25, -0.2) is 4.79 Å². The van der Waals surface area contributed by atoms with Gasteiger partial charge in [0.2, 0.25) is 5.91 Å². The fraction of sp³-hybridized carbons (Fsp3) is 0.600. The van der Waals surface area contributed by atoms with Gasteiger partial charge in [0.15, 0.2) is 0 Å². The number of carbonyl (C=O) groups excluding carboxylic acids is 1. The van der Waals surface area contributed by atoms with Crippen LogP contribution in [0, 0.1) is 5.92 Å². The minimum atomic E-state index is -1.07. The van der Waals surface area contributed by atoms with Crippen molar-refractivity contribution in [3.63, 3.8) is 0 Å². The quantitative estimate of drug-likeness (QED) is 0.710. The molecule has 3 atom stereocenters. The van der Waals surface area contributed by atoms with Crippen molar-refractivity contribution in [3.05, 3.63) is 10.6 Å². The Balaban J connectivity index is 2.29. The molecule has 5 nitrogen and oxygen atoms in total. The van der Waals surface area contributed by atoms with Crippen molar-refractivity contribution in [2.75, 3.05) is 0 Å². The third-order valence-electron chi connectivity index (χ3n) is 2.90. The molecule has 0 unspecified atom stereocenters. The second kappa shape index (κ2) is 3.78. The molecule has 0 spiro atoms. The van der Waals surface area contributed by atoms with E-state index in [2.05, 4.69) is 0 Å². The van der Waals surface area contributed by atoms with Crippen molar-refractivity contribution in [3.8, 4) is 0 Å². The topological polar surface area (TPSA) is 77.8 Å². The second-order valence-electron chi connectivity index (χ2n) is 3.91. The highest BCUT2D eigenvalue weighted by Crippen LogP contribution is 2.50. The van der Waals surface area contributed by atoms with Gasteiger partial charge in [0, 0.05) is 4.91 Å². The fourth-order valence-electron chi connectivity index (χ4n) is 2.10. The molecule has 0 aromatic carbocycles. The molecule has 1 fully saturated rings. The third kappa shape index (κ3) is 1.36. The van der Waals surface area contributed by atoms with Crippen LogP contribution in [0.3, 0.4) is 0 Å². The molecule has 2 heterocycles. The van der Waals surface area contributed by atoms with Crippen LogP contribution in [0.5, 0.6) is 0 Å². The standard InChI is InChI=1S/C10H13NO4S/c1-3-5-7(10(14)15)11-8(13)6(4(2)12)9(11)16-5/h4,6,9,12H,3H2,1-2H3,(H,14,15)/t4-,6+,9-/m1/s1. The third-order valence-corrected chi connectivity index (χ3v) is 4.41. The first-order valence-electron chi connectivity index (χ1n) is 5.13. The Labute approximate surface area is 97.1 Å². The zero-order chi connectivity index (χ0) is 12.0. The number of carboxylic acid groups (broad SMARTS) is 1. The van der Waals surface area contributed by atoms with Gasteiger partial charge in [-0.3, -0.25) is 9.69 Å². The van der Waals surface area contributed by atoms with Crippen LogP contribution in [0.2, 0.25) is 0 Å². The van der Waals surface area contributed by atoms with Gasteiger partial charge in [-0.1, -0.05) is 6.92 Å². The van der Waals surface area contributed by atoms with Crippen LogP contribution in [-0.4, -0.2) is 38.5 Å². The molecule has 88 valence electrons. The Morgan fingerprint density at radius 1 is 1.62 bits per heavy atom. The smallest absolute Gasteiger partial charge is 0.353 e. The summed E-state index contributed by atoms with van der Waals surface area (Å²) < 4.78 is 0. The number of carbonyl (C=O) groups is 2. The lowest BCUT2D eigenvalue weighted by Gasteiger charge is -2.43. The van der Waals surface area contributed by atoms with Crippen molar-refractivity contribution in [1.29, 1.82) is 0 Å². The van der Waals surface area contributed by atoms with E-state index in [9.17, 15) is 14.7 Å². The number of nitrogens with zero attached hydrogens (tertiary/aromatic N) is 1. The summed E-state index contributed by atoms with van der Waals surface area (Å²) >= 11 is 1.38. The number of hydrogen-bond acceptors (Lipinski definition) is 4. The fourth-order valence-corrected chi connectivity index (χ4v) is 3.66. The Kier molecular flexibility index (Phi) is 2.71. The Morgan fingerprint density at radius 3 is 2.69 bits per heavy atom. The number of aliphatic carboxylic acids is 1. The average molecular weight is 243 g/mol. The summed E-state index contributed by atoms with van der Waals surface area (Å²) in [6.45, 7) is 3.42. The van der Waals surface area contributed by atoms with E-state index in [-0.39, 0.29) is 17.0 Å². The summed E-state index contributed by atoms with van der Waals surface area (Å²) in [7, 11) is 0. The normalized spacial score (nSPS) is 30.2. The van der Waals surface area contributed by atoms with Crippen molar-refractivity contribution < 1.29 is 19.8 Å². The molecule has 0 saturated carbocycles.